The molecule has 3 rings (SSSR count). The number of alkyl halides is 3. The van der Waals surface area contributed by atoms with Gasteiger partial charge >= 0.3 is 18.0 Å². The Morgan fingerprint density at radius 2 is 1.37 bits per heavy atom. The Labute approximate surface area is 395 Å². The summed E-state index contributed by atoms with van der Waals surface area (Å²) in [4.78, 5) is 52.3. The first kappa shape index (κ1) is 55.7. The highest BCUT2D eigenvalue weighted by atomic mass is 35.6. The number of carbonyl (C=O) groups excluding carboxylic acids is 3. The van der Waals surface area contributed by atoms with Gasteiger partial charge < -0.3 is 38.5 Å². The highest BCUT2D eigenvalue weighted by Gasteiger charge is 2.55. The summed E-state index contributed by atoms with van der Waals surface area (Å²) in [5.74, 6) is -0.925. The van der Waals surface area contributed by atoms with Crippen molar-refractivity contribution in [2.75, 3.05) is 13.2 Å². The third kappa shape index (κ3) is 21.7. The van der Waals surface area contributed by atoms with Crippen LogP contribution in [-0.2, 0) is 38.0 Å². The van der Waals surface area contributed by atoms with Gasteiger partial charge in [0.05, 0.1) is 25.2 Å². The number of hydrogen-bond donors (Lipinski definition) is 2. The second-order valence-corrected chi connectivity index (χ2v) is 25.9. The van der Waals surface area contributed by atoms with Crippen LogP contribution in [0.15, 0.2) is 30.3 Å². The van der Waals surface area contributed by atoms with Gasteiger partial charge in [-0.15, -0.1) is 0 Å². The minimum absolute atomic E-state index is 0.108. The van der Waals surface area contributed by atoms with Gasteiger partial charge in [-0.1, -0.05) is 196 Å². The van der Waals surface area contributed by atoms with Crippen molar-refractivity contribution in [1.29, 1.82) is 0 Å². The number of benzene rings is 1. The fraction of sp³-hybridized carbons (Fsp3) is 0.812. The molecule has 2 saturated heterocycles. The van der Waals surface area contributed by atoms with Gasteiger partial charge in [-0.05, 0) is 43.8 Å². The number of rotatable bonds is 30. The molecule has 3 unspecified atom stereocenters. The smallest absolute Gasteiger partial charge is 0.407 e. The van der Waals surface area contributed by atoms with E-state index in [1.165, 1.54) is 70.6 Å². The molecule has 2 fully saturated rings. The van der Waals surface area contributed by atoms with Gasteiger partial charge in [0.1, 0.15) is 24.9 Å². The first-order chi connectivity index (χ1) is 29.9. The van der Waals surface area contributed by atoms with E-state index in [4.69, 9.17) is 63.2 Å². The molecule has 0 aromatic heterocycles. The van der Waals surface area contributed by atoms with E-state index in [0.29, 0.717) is 12.8 Å². The zero-order valence-corrected chi connectivity index (χ0v) is 42.4. The Hall–Kier alpha value is -1.64. The van der Waals surface area contributed by atoms with E-state index in [-0.39, 0.29) is 25.4 Å². The topological polar surface area (TPSA) is 139 Å². The zero-order valence-electron chi connectivity index (χ0n) is 39.2. The second-order valence-electron chi connectivity index (χ2n) is 18.9. The number of fused-ring (bicyclic) bond motifs is 1. The molecule has 2 aliphatic rings. The summed E-state index contributed by atoms with van der Waals surface area (Å²) < 4.78 is 35.3. The normalized spacial score (nSPS) is 22.2. The van der Waals surface area contributed by atoms with E-state index < -0.39 is 78.7 Å². The lowest BCUT2D eigenvalue weighted by Gasteiger charge is -2.51. The number of unbranched alkanes of at least 4 members (excludes halogenated alkanes) is 16. The minimum Gasteiger partial charge on any atom is -0.462 e. The maximum atomic E-state index is 14.3. The molecule has 1 aromatic rings. The minimum atomic E-state index is -2.82. The molecule has 15 heteroatoms. The third-order valence-corrected chi connectivity index (χ3v) is 16.5. The second kappa shape index (κ2) is 29.2. The number of esters is 2. The standard InChI is InChI=1S/C48H80Cl3NO10Si/c1-7-9-11-13-15-17-19-21-26-30-37(59-40(53)31-27-22-20-18-16-14-12-10-8-2)32-41(54)61-44-42(52-46(55)58-35-48(49,50)51)38(33-47(3,4)63(5,6)56)60-39-34-57-45(62-43(39)44)36-28-24-23-25-29-36/h23-25,28-29,37-39,42-45,56H,7-22,26-27,30-35H2,1-6H3,(H,52,55)/t37-,38+,39?,42-,43-,44?,45?/m1/s1. The van der Waals surface area contributed by atoms with Crippen molar-refractivity contribution >= 4 is 61.2 Å². The number of amides is 1. The summed E-state index contributed by atoms with van der Waals surface area (Å²) in [5, 5.41) is 2.23. The largest absolute Gasteiger partial charge is 0.462 e. The van der Waals surface area contributed by atoms with Crippen LogP contribution >= 0.6 is 34.8 Å². The van der Waals surface area contributed by atoms with Gasteiger partial charge in [0.25, 0.3) is 0 Å². The van der Waals surface area contributed by atoms with E-state index in [1.54, 1.807) is 0 Å². The molecule has 362 valence electrons. The molecule has 63 heavy (non-hydrogen) atoms. The zero-order chi connectivity index (χ0) is 46.3. The highest BCUT2D eigenvalue weighted by molar-refractivity contribution is 6.72. The molecular formula is C48H80Cl3NO10Si. The van der Waals surface area contributed by atoms with Gasteiger partial charge in [0.15, 0.2) is 20.7 Å². The monoisotopic (exact) mass is 963 g/mol. The molecule has 0 aliphatic carbocycles. The van der Waals surface area contributed by atoms with Crippen LogP contribution in [0.1, 0.15) is 181 Å². The summed E-state index contributed by atoms with van der Waals surface area (Å²) in [6.45, 7) is 11.6. The molecule has 2 heterocycles. The molecule has 1 amide bonds. The van der Waals surface area contributed by atoms with Crippen LogP contribution in [-0.4, -0.2) is 84.7 Å². The average Bonchev–Trinajstić information content (AvgIpc) is 3.22. The first-order valence-electron chi connectivity index (χ1n) is 24.0. The van der Waals surface area contributed by atoms with Gasteiger partial charge in [-0.3, -0.25) is 9.59 Å². The number of ether oxygens (including phenoxy) is 6. The molecule has 0 radical (unpaired) electrons. The Bertz CT molecular complexity index is 1450. The Morgan fingerprint density at radius 3 is 1.92 bits per heavy atom. The predicted molar refractivity (Wildman–Crippen MR) is 254 cm³/mol. The number of nitrogens with one attached hydrogen (secondary N) is 1. The van der Waals surface area contributed by atoms with Crippen LogP contribution < -0.4 is 5.32 Å². The number of alkyl carbamates (subject to hydrolysis) is 1. The van der Waals surface area contributed by atoms with Crippen LogP contribution in [0.5, 0.6) is 0 Å². The molecule has 1 aromatic carbocycles. The van der Waals surface area contributed by atoms with E-state index in [1.807, 2.05) is 57.3 Å². The summed E-state index contributed by atoms with van der Waals surface area (Å²) >= 11 is 17.8. The molecule has 0 bridgehead atoms. The summed E-state index contributed by atoms with van der Waals surface area (Å²) in [5.41, 5.74) is 0.754. The van der Waals surface area contributed by atoms with Crippen LogP contribution in [0.3, 0.4) is 0 Å². The Morgan fingerprint density at radius 1 is 0.810 bits per heavy atom. The van der Waals surface area contributed by atoms with Crippen molar-refractivity contribution in [2.45, 2.75) is 234 Å². The fourth-order valence-electron chi connectivity index (χ4n) is 8.13. The van der Waals surface area contributed by atoms with Gasteiger partial charge in [-0.2, -0.15) is 0 Å². The molecule has 2 aliphatic heterocycles. The molecule has 0 saturated carbocycles. The lowest BCUT2D eigenvalue weighted by atomic mass is 9.87. The fourth-order valence-corrected chi connectivity index (χ4v) is 8.99. The lowest BCUT2D eigenvalue weighted by molar-refractivity contribution is -0.317. The van der Waals surface area contributed by atoms with Gasteiger partial charge in [0.2, 0.25) is 3.79 Å². The lowest BCUT2D eigenvalue weighted by Crippen LogP contribution is -2.68. The highest BCUT2D eigenvalue weighted by Crippen LogP contribution is 2.45. The first-order valence-corrected chi connectivity index (χ1v) is 28.1. The Kier molecular flexibility index (Phi) is 25.8. The van der Waals surface area contributed by atoms with Crippen molar-refractivity contribution in [3.05, 3.63) is 35.9 Å². The van der Waals surface area contributed by atoms with E-state index in [9.17, 15) is 19.2 Å². The number of carbonyl (C=O) groups is 3. The van der Waals surface area contributed by atoms with E-state index in [0.717, 1.165) is 50.5 Å². The molecule has 2 N–H and O–H groups in total. The van der Waals surface area contributed by atoms with Crippen molar-refractivity contribution in [2.24, 2.45) is 0 Å². The molecule has 7 atom stereocenters. The summed E-state index contributed by atoms with van der Waals surface area (Å²) in [6, 6.07) is 8.36. The van der Waals surface area contributed by atoms with Crippen LogP contribution in [0.25, 0.3) is 0 Å². The maximum absolute atomic E-state index is 14.3. The van der Waals surface area contributed by atoms with Crippen LogP contribution in [0.2, 0.25) is 18.1 Å². The van der Waals surface area contributed by atoms with Crippen molar-refractivity contribution < 1.29 is 47.6 Å². The van der Waals surface area contributed by atoms with Crippen molar-refractivity contribution in [3.8, 4) is 0 Å². The van der Waals surface area contributed by atoms with Gasteiger partial charge in [-0.25, -0.2) is 4.79 Å². The SMILES string of the molecule is CCCCCCCCCCCC(=O)O[C@H](CCCCCCCCCCC)CC(=O)OC1[C@@H]2OC(c3ccccc3)OCC2O[C@@H](CC(C)(C)[Si](C)(C)O)[C@H]1NC(=O)OCC(Cl)(Cl)Cl. The van der Waals surface area contributed by atoms with Crippen LogP contribution in [0, 0.1) is 0 Å². The Balaban J connectivity index is 1.83. The van der Waals surface area contributed by atoms with E-state index >= 15 is 0 Å². The van der Waals surface area contributed by atoms with Crippen LogP contribution in [0.4, 0.5) is 4.79 Å². The third-order valence-electron chi connectivity index (χ3n) is 12.7. The van der Waals surface area contributed by atoms with Crippen molar-refractivity contribution in [1.82, 2.24) is 5.32 Å². The maximum Gasteiger partial charge on any atom is 0.407 e. The molecule has 0 spiro atoms. The average molecular weight is 966 g/mol. The molecule has 11 nitrogen and oxygen atoms in total. The van der Waals surface area contributed by atoms with E-state index in [2.05, 4.69) is 19.2 Å². The molecular weight excluding hydrogens is 885 g/mol. The number of halogens is 3. The predicted octanol–water partition coefficient (Wildman–Crippen LogP) is 12.8. The van der Waals surface area contributed by atoms with Gasteiger partial charge in [0, 0.05) is 12.0 Å². The number of hydrogen-bond acceptors (Lipinski definition) is 10. The summed E-state index contributed by atoms with van der Waals surface area (Å²) in [6.07, 6.45) is 15.4. The quantitative estimate of drug-likeness (QED) is 0.0252. The van der Waals surface area contributed by atoms with Crippen molar-refractivity contribution in [3.63, 3.8) is 0 Å². The summed E-state index contributed by atoms with van der Waals surface area (Å²) in [7, 11) is -2.82.